The zero-order valence-corrected chi connectivity index (χ0v) is 11.6. The Morgan fingerprint density at radius 1 is 1.05 bits per heavy atom. The number of aromatic nitrogens is 2. The predicted octanol–water partition coefficient (Wildman–Crippen LogP) is 2.63. The number of sulfonamides is 1. The first-order valence-electron chi connectivity index (χ1n) is 5.56. The average Bonchev–Trinajstić information content (AvgIpc) is 2.89. The largest absolute Gasteiger partial charge is 0.277 e. The van der Waals surface area contributed by atoms with E-state index in [1.165, 1.54) is 24.3 Å². The standard InChI is InChI=1S/C12H8FN3O2S2/c13-8-4-1-2-5-9(8)16-20(17,18)11-7-3-6-10-12(11)15-19-14-10/h1-7,16H. The maximum absolute atomic E-state index is 13.5. The first-order valence-corrected chi connectivity index (χ1v) is 7.78. The molecular formula is C12H8FN3O2S2. The molecule has 0 unspecified atom stereocenters. The lowest BCUT2D eigenvalue weighted by atomic mass is 10.3. The summed E-state index contributed by atoms with van der Waals surface area (Å²) < 4.78 is 48.4. The minimum Gasteiger partial charge on any atom is -0.277 e. The minimum absolute atomic E-state index is 0.0213. The molecule has 0 bridgehead atoms. The van der Waals surface area contributed by atoms with Gasteiger partial charge in [0.25, 0.3) is 10.0 Å². The summed E-state index contributed by atoms with van der Waals surface area (Å²) >= 11 is 0.926. The van der Waals surface area contributed by atoms with E-state index in [4.69, 9.17) is 0 Å². The average molecular weight is 309 g/mol. The molecule has 0 spiro atoms. The molecule has 0 fully saturated rings. The number of anilines is 1. The summed E-state index contributed by atoms with van der Waals surface area (Å²) in [7, 11) is -3.92. The molecular weight excluding hydrogens is 301 g/mol. The van der Waals surface area contributed by atoms with Gasteiger partial charge in [-0.2, -0.15) is 8.75 Å². The highest BCUT2D eigenvalue weighted by molar-refractivity contribution is 7.93. The summed E-state index contributed by atoms with van der Waals surface area (Å²) in [5.41, 5.74) is 0.667. The second-order valence-electron chi connectivity index (χ2n) is 3.97. The maximum Gasteiger partial charge on any atom is 0.264 e. The van der Waals surface area contributed by atoms with Crippen LogP contribution >= 0.6 is 11.7 Å². The van der Waals surface area contributed by atoms with Crippen LogP contribution in [0, 0.1) is 5.82 Å². The molecule has 5 nitrogen and oxygen atoms in total. The smallest absolute Gasteiger partial charge is 0.264 e. The van der Waals surface area contributed by atoms with E-state index in [2.05, 4.69) is 13.5 Å². The van der Waals surface area contributed by atoms with E-state index in [-0.39, 0.29) is 16.1 Å². The Bertz CT molecular complexity index is 877. The van der Waals surface area contributed by atoms with Gasteiger partial charge < -0.3 is 0 Å². The van der Waals surface area contributed by atoms with Crippen molar-refractivity contribution in [3.05, 3.63) is 48.3 Å². The van der Waals surface area contributed by atoms with Gasteiger partial charge in [0.15, 0.2) is 0 Å². The fourth-order valence-corrected chi connectivity index (χ4v) is 3.58. The van der Waals surface area contributed by atoms with E-state index in [9.17, 15) is 12.8 Å². The Labute approximate surface area is 118 Å². The third kappa shape index (κ3) is 2.23. The van der Waals surface area contributed by atoms with Crippen molar-refractivity contribution in [1.29, 1.82) is 0 Å². The summed E-state index contributed by atoms with van der Waals surface area (Å²) in [6.45, 7) is 0. The Morgan fingerprint density at radius 3 is 2.65 bits per heavy atom. The van der Waals surface area contributed by atoms with Crippen molar-refractivity contribution in [3.8, 4) is 0 Å². The van der Waals surface area contributed by atoms with Crippen LogP contribution in [0.25, 0.3) is 11.0 Å². The quantitative estimate of drug-likeness (QED) is 0.807. The van der Waals surface area contributed by atoms with Crippen LogP contribution < -0.4 is 4.72 Å². The summed E-state index contributed by atoms with van der Waals surface area (Å²) in [6.07, 6.45) is 0. The van der Waals surface area contributed by atoms with Crippen molar-refractivity contribution in [2.45, 2.75) is 4.90 Å². The van der Waals surface area contributed by atoms with Crippen molar-refractivity contribution < 1.29 is 12.8 Å². The number of benzene rings is 2. The molecule has 0 aliphatic heterocycles. The van der Waals surface area contributed by atoms with Gasteiger partial charge in [-0.3, -0.25) is 4.72 Å². The monoisotopic (exact) mass is 309 g/mol. The van der Waals surface area contributed by atoms with E-state index < -0.39 is 15.8 Å². The van der Waals surface area contributed by atoms with Crippen LogP contribution in [0.15, 0.2) is 47.4 Å². The van der Waals surface area contributed by atoms with Crippen LogP contribution in [0.4, 0.5) is 10.1 Å². The molecule has 1 heterocycles. The van der Waals surface area contributed by atoms with Gasteiger partial charge >= 0.3 is 0 Å². The molecule has 1 N–H and O–H groups in total. The maximum atomic E-state index is 13.5. The summed E-state index contributed by atoms with van der Waals surface area (Å²) in [5, 5.41) is 0. The second kappa shape index (κ2) is 4.80. The number of para-hydroxylation sites is 1. The van der Waals surface area contributed by atoms with Crippen LogP contribution in [0.1, 0.15) is 0 Å². The molecule has 3 rings (SSSR count). The number of hydrogen-bond acceptors (Lipinski definition) is 5. The number of halogens is 1. The fourth-order valence-electron chi connectivity index (χ4n) is 1.74. The minimum atomic E-state index is -3.92. The highest BCUT2D eigenvalue weighted by Crippen LogP contribution is 2.24. The van der Waals surface area contributed by atoms with E-state index in [1.54, 1.807) is 18.2 Å². The third-order valence-corrected chi connectivity index (χ3v) is 4.60. The van der Waals surface area contributed by atoms with Gasteiger partial charge in [-0.15, -0.1) is 0 Å². The molecule has 0 radical (unpaired) electrons. The Morgan fingerprint density at radius 2 is 1.85 bits per heavy atom. The van der Waals surface area contributed by atoms with E-state index in [0.29, 0.717) is 5.52 Å². The fraction of sp³-hybridized carbons (Fsp3) is 0. The van der Waals surface area contributed by atoms with Gasteiger partial charge in [-0.1, -0.05) is 18.2 Å². The highest BCUT2D eigenvalue weighted by atomic mass is 32.2. The van der Waals surface area contributed by atoms with Crippen molar-refractivity contribution in [2.75, 3.05) is 4.72 Å². The lowest BCUT2D eigenvalue weighted by molar-refractivity contribution is 0.599. The molecule has 0 aliphatic carbocycles. The van der Waals surface area contributed by atoms with Crippen LogP contribution in [0.5, 0.6) is 0 Å². The molecule has 0 saturated heterocycles. The van der Waals surface area contributed by atoms with Gasteiger partial charge in [0.05, 0.1) is 17.4 Å². The van der Waals surface area contributed by atoms with Gasteiger partial charge in [-0.25, -0.2) is 12.8 Å². The summed E-state index contributed by atoms with van der Waals surface area (Å²) in [5.74, 6) is -0.639. The number of rotatable bonds is 3. The topological polar surface area (TPSA) is 72.0 Å². The van der Waals surface area contributed by atoms with Crippen LogP contribution in [0.2, 0.25) is 0 Å². The van der Waals surface area contributed by atoms with Gasteiger partial charge in [-0.05, 0) is 24.3 Å². The van der Waals surface area contributed by atoms with Crippen molar-refractivity contribution >= 4 is 38.5 Å². The first-order chi connectivity index (χ1) is 9.58. The zero-order valence-electron chi connectivity index (χ0n) is 9.95. The zero-order chi connectivity index (χ0) is 14.2. The van der Waals surface area contributed by atoms with Crippen LogP contribution in [0.3, 0.4) is 0 Å². The molecule has 0 saturated carbocycles. The predicted molar refractivity (Wildman–Crippen MR) is 74.6 cm³/mol. The number of fused-ring (bicyclic) bond motifs is 1. The lowest BCUT2D eigenvalue weighted by Crippen LogP contribution is -2.14. The second-order valence-corrected chi connectivity index (χ2v) is 6.15. The number of hydrogen-bond donors (Lipinski definition) is 1. The van der Waals surface area contributed by atoms with Crippen molar-refractivity contribution in [3.63, 3.8) is 0 Å². The third-order valence-electron chi connectivity index (χ3n) is 2.66. The molecule has 0 atom stereocenters. The SMILES string of the molecule is O=S(=O)(Nc1ccccc1F)c1cccc2nsnc12. The first kappa shape index (κ1) is 12.9. The molecule has 0 aliphatic rings. The Kier molecular flexibility index (Phi) is 3.11. The Hall–Kier alpha value is -2.06. The van der Waals surface area contributed by atoms with Crippen LogP contribution in [-0.2, 0) is 10.0 Å². The molecule has 1 aromatic heterocycles. The Balaban J connectivity index is 2.09. The highest BCUT2D eigenvalue weighted by Gasteiger charge is 2.20. The van der Waals surface area contributed by atoms with Gasteiger partial charge in [0.1, 0.15) is 21.7 Å². The van der Waals surface area contributed by atoms with E-state index in [1.807, 2.05) is 0 Å². The van der Waals surface area contributed by atoms with Gasteiger partial charge in [0, 0.05) is 0 Å². The molecule has 20 heavy (non-hydrogen) atoms. The van der Waals surface area contributed by atoms with Crippen molar-refractivity contribution in [1.82, 2.24) is 8.75 Å². The molecule has 102 valence electrons. The molecule has 2 aromatic carbocycles. The summed E-state index contributed by atoms with van der Waals surface area (Å²) in [6, 6.07) is 10.2. The van der Waals surface area contributed by atoms with E-state index in [0.717, 1.165) is 11.7 Å². The molecule has 0 amide bonds. The normalized spacial score (nSPS) is 11.7. The van der Waals surface area contributed by atoms with Crippen LogP contribution in [-0.4, -0.2) is 17.2 Å². The van der Waals surface area contributed by atoms with Crippen molar-refractivity contribution in [2.24, 2.45) is 0 Å². The summed E-state index contributed by atoms with van der Waals surface area (Å²) in [4.78, 5) is -0.0213. The van der Waals surface area contributed by atoms with E-state index >= 15 is 0 Å². The van der Waals surface area contributed by atoms with Gasteiger partial charge in [0.2, 0.25) is 0 Å². The number of nitrogens with one attached hydrogen (secondary N) is 1. The lowest BCUT2D eigenvalue weighted by Gasteiger charge is -2.08. The molecule has 3 aromatic rings. The number of nitrogens with zero attached hydrogens (tertiary/aromatic N) is 2. The molecule has 8 heteroatoms.